The van der Waals surface area contributed by atoms with Crippen LogP contribution in [0, 0.1) is 12.8 Å². The first-order valence-corrected chi connectivity index (χ1v) is 8.71. The third-order valence-electron chi connectivity index (χ3n) is 5.05. The second kappa shape index (κ2) is 6.30. The van der Waals surface area contributed by atoms with E-state index in [1.54, 1.807) is 0 Å². The summed E-state index contributed by atoms with van der Waals surface area (Å²) < 4.78 is 7.77. The molecule has 126 valence electrons. The molecule has 2 atom stereocenters. The van der Waals surface area contributed by atoms with Gasteiger partial charge in [-0.3, -0.25) is 9.48 Å². The Morgan fingerprint density at radius 3 is 3.08 bits per heavy atom. The SMILES string of the molecule is Cc1cnn(C[C@@H]2CCCN2C(=O)[C@H]2COc3ccccc3C2)c1. The van der Waals surface area contributed by atoms with Crippen LogP contribution < -0.4 is 4.74 Å². The monoisotopic (exact) mass is 325 g/mol. The maximum absolute atomic E-state index is 13.0. The minimum atomic E-state index is -0.0696. The van der Waals surface area contributed by atoms with Gasteiger partial charge >= 0.3 is 0 Å². The van der Waals surface area contributed by atoms with Crippen molar-refractivity contribution in [1.82, 2.24) is 14.7 Å². The van der Waals surface area contributed by atoms with E-state index in [1.165, 1.54) is 0 Å². The highest BCUT2D eigenvalue weighted by Gasteiger charge is 2.35. The molecule has 3 heterocycles. The quantitative estimate of drug-likeness (QED) is 0.871. The van der Waals surface area contributed by atoms with E-state index in [9.17, 15) is 4.79 Å². The number of benzene rings is 1. The van der Waals surface area contributed by atoms with Crippen LogP contribution in [0.15, 0.2) is 36.7 Å². The van der Waals surface area contributed by atoms with E-state index in [1.807, 2.05) is 42.2 Å². The number of likely N-dealkylation sites (tertiary alicyclic amines) is 1. The predicted octanol–water partition coefficient (Wildman–Crippen LogP) is 2.43. The second-order valence-corrected chi connectivity index (χ2v) is 6.89. The van der Waals surface area contributed by atoms with Crippen LogP contribution in [-0.4, -0.2) is 39.8 Å². The van der Waals surface area contributed by atoms with Crippen molar-refractivity contribution in [3.8, 4) is 5.75 Å². The number of carbonyl (C=O) groups is 1. The fourth-order valence-corrected chi connectivity index (χ4v) is 3.82. The second-order valence-electron chi connectivity index (χ2n) is 6.89. The highest BCUT2D eigenvalue weighted by molar-refractivity contribution is 5.80. The molecule has 0 aliphatic carbocycles. The summed E-state index contributed by atoms with van der Waals surface area (Å²) in [5.41, 5.74) is 2.30. The van der Waals surface area contributed by atoms with Crippen LogP contribution in [0.5, 0.6) is 5.75 Å². The first-order chi connectivity index (χ1) is 11.7. The summed E-state index contributed by atoms with van der Waals surface area (Å²) in [7, 11) is 0. The van der Waals surface area contributed by atoms with Crippen LogP contribution in [0.1, 0.15) is 24.0 Å². The van der Waals surface area contributed by atoms with Gasteiger partial charge < -0.3 is 9.64 Å². The molecule has 4 rings (SSSR count). The molecule has 24 heavy (non-hydrogen) atoms. The minimum Gasteiger partial charge on any atom is -0.492 e. The number of rotatable bonds is 3. The Balaban J connectivity index is 1.45. The van der Waals surface area contributed by atoms with Crippen LogP contribution in [0.2, 0.25) is 0 Å². The summed E-state index contributed by atoms with van der Waals surface area (Å²) in [6, 6.07) is 8.27. The number of amides is 1. The molecule has 0 saturated carbocycles. The summed E-state index contributed by atoms with van der Waals surface area (Å²) in [6.45, 7) is 4.16. The Kier molecular flexibility index (Phi) is 4.00. The van der Waals surface area contributed by atoms with Gasteiger partial charge in [-0.25, -0.2) is 0 Å². The van der Waals surface area contributed by atoms with Gasteiger partial charge in [-0.1, -0.05) is 18.2 Å². The molecule has 1 amide bonds. The van der Waals surface area contributed by atoms with E-state index in [4.69, 9.17) is 4.74 Å². The molecule has 1 fully saturated rings. The molecule has 0 unspecified atom stereocenters. The molecule has 1 saturated heterocycles. The zero-order chi connectivity index (χ0) is 16.5. The highest BCUT2D eigenvalue weighted by Crippen LogP contribution is 2.29. The van der Waals surface area contributed by atoms with Crippen molar-refractivity contribution in [1.29, 1.82) is 0 Å². The highest BCUT2D eigenvalue weighted by atomic mass is 16.5. The zero-order valence-corrected chi connectivity index (χ0v) is 14.0. The maximum Gasteiger partial charge on any atom is 0.229 e. The molecule has 2 aromatic rings. The number of aryl methyl sites for hydroxylation is 1. The Hall–Kier alpha value is -2.30. The normalized spacial score (nSPS) is 23.0. The lowest BCUT2D eigenvalue weighted by Crippen LogP contribution is -2.44. The lowest BCUT2D eigenvalue weighted by Gasteiger charge is -2.31. The molecule has 2 aliphatic rings. The van der Waals surface area contributed by atoms with Crippen molar-refractivity contribution >= 4 is 5.91 Å². The van der Waals surface area contributed by atoms with Crippen LogP contribution in [0.3, 0.4) is 0 Å². The summed E-state index contributed by atoms with van der Waals surface area (Å²) in [6.07, 6.45) is 6.81. The zero-order valence-electron chi connectivity index (χ0n) is 14.0. The van der Waals surface area contributed by atoms with Crippen LogP contribution >= 0.6 is 0 Å². The van der Waals surface area contributed by atoms with Gasteiger partial charge in [-0.2, -0.15) is 5.10 Å². The number of carbonyl (C=O) groups excluding carboxylic acids is 1. The Morgan fingerprint density at radius 1 is 1.38 bits per heavy atom. The Morgan fingerprint density at radius 2 is 2.25 bits per heavy atom. The third kappa shape index (κ3) is 2.90. The number of nitrogens with zero attached hydrogens (tertiary/aromatic N) is 3. The number of para-hydroxylation sites is 1. The lowest BCUT2D eigenvalue weighted by atomic mass is 9.95. The van der Waals surface area contributed by atoms with Gasteiger partial charge in [0.2, 0.25) is 5.91 Å². The van der Waals surface area contributed by atoms with Crippen LogP contribution in [0.4, 0.5) is 0 Å². The number of aromatic nitrogens is 2. The Bertz CT molecular complexity index is 740. The molecular formula is C19H23N3O2. The molecule has 0 spiro atoms. The number of hydrogen-bond donors (Lipinski definition) is 0. The molecule has 1 aromatic heterocycles. The fraction of sp³-hybridized carbons (Fsp3) is 0.474. The van der Waals surface area contributed by atoms with Gasteiger partial charge in [0.15, 0.2) is 0 Å². The van der Waals surface area contributed by atoms with Gasteiger partial charge in [-0.05, 0) is 43.4 Å². The summed E-state index contributed by atoms with van der Waals surface area (Å²) in [5.74, 6) is 1.09. The standard InChI is InChI=1S/C19H23N3O2/c1-14-10-20-21(11-14)12-17-6-4-8-22(17)19(23)16-9-15-5-2-3-7-18(15)24-13-16/h2-3,5,7,10-11,16-17H,4,6,8-9,12-13H2,1H3/t16-,17+/m1/s1. The van der Waals surface area contributed by atoms with Gasteiger partial charge in [0.1, 0.15) is 12.4 Å². The smallest absolute Gasteiger partial charge is 0.229 e. The average molecular weight is 325 g/mol. The number of fused-ring (bicyclic) bond motifs is 1. The molecule has 5 nitrogen and oxygen atoms in total. The maximum atomic E-state index is 13.0. The van der Waals surface area contributed by atoms with E-state index in [0.717, 1.165) is 49.2 Å². The topological polar surface area (TPSA) is 47.4 Å². The lowest BCUT2D eigenvalue weighted by molar-refractivity contribution is -0.138. The van der Waals surface area contributed by atoms with E-state index in [2.05, 4.69) is 16.1 Å². The van der Waals surface area contributed by atoms with Crippen molar-refractivity contribution in [3.63, 3.8) is 0 Å². The van der Waals surface area contributed by atoms with Crippen molar-refractivity contribution in [2.75, 3.05) is 13.2 Å². The van der Waals surface area contributed by atoms with Gasteiger partial charge in [0.25, 0.3) is 0 Å². The fourth-order valence-electron chi connectivity index (χ4n) is 3.82. The molecule has 0 N–H and O–H groups in total. The molecule has 2 aliphatic heterocycles. The van der Waals surface area contributed by atoms with Crippen molar-refractivity contribution in [2.24, 2.45) is 5.92 Å². The van der Waals surface area contributed by atoms with E-state index in [-0.39, 0.29) is 17.9 Å². The third-order valence-corrected chi connectivity index (χ3v) is 5.05. The molecule has 0 radical (unpaired) electrons. The molecule has 0 bridgehead atoms. The molecule has 5 heteroatoms. The minimum absolute atomic E-state index is 0.0696. The summed E-state index contributed by atoms with van der Waals surface area (Å²) in [5, 5.41) is 4.37. The Labute approximate surface area is 142 Å². The van der Waals surface area contributed by atoms with E-state index < -0.39 is 0 Å². The molecule has 1 aromatic carbocycles. The average Bonchev–Trinajstić information content (AvgIpc) is 3.23. The predicted molar refractivity (Wildman–Crippen MR) is 90.8 cm³/mol. The summed E-state index contributed by atoms with van der Waals surface area (Å²) >= 11 is 0. The number of ether oxygens (including phenoxy) is 1. The summed E-state index contributed by atoms with van der Waals surface area (Å²) in [4.78, 5) is 15.1. The van der Waals surface area contributed by atoms with Gasteiger partial charge in [0, 0.05) is 12.7 Å². The van der Waals surface area contributed by atoms with Crippen LogP contribution in [-0.2, 0) is 17.8 Å². The first kappa shape index (κ1) is 15.2. The van der Waals surface area contributed by atoms with E-state index >= 15 is 0 Å². The first-order valence-electron chi connectivity index (χ1n) is 8.71. The largest absolute Gasteiger partial charge is 0.492 e. The van der Waals surface area contributed by atoms with Crippen LogP contribution in [0.25, 0.3) is 0 Å². The number of hydrogen-bond acceptors (Lipinski definition) is 3. The van der Waals surface area contributed by atoms with Crippen molar-refractivity contribution in [3.05, 3.63) is 47.8 Å². The van der Waals surface area contributed by atoms with E-state index in [0.29, 0.717) is 6.61 Å². The van der Waals surface area contributed by atoms with Gasteiger partial charge in [-0.15, -0.1) is 0 Å². The molecular weight excluding hydrogens is 302 g/mol. The van der Waals surface area contributed by atoms with Crippen molar-refractivity contribution in [2.45, 2.75) is 38.8 Å². The van der Waals surface area contributed by atoms with Gasteiger partial charge in [0.05, 0.1) is 24.7 Å². The van der Waals surface area contributed by atoms with Crippen molar-refractivity contribution < 1.29 is 9.53 Å².